The zero-order chi connectivity index (χ0) is 23.0. The Hall–Kier alpha value is -2.50. The van der Waals surface area contributed by atoms with E-state index >= 15 is 0 Å². The summed E-state index contributed by atoms with van der Waals surface area (Å²) in [4.78, 5) is 23.2. The molecule has 31 heavy (non-hydrogen) atoms. The van der Waals surface area contributed by atoms with E-state index in [0.29, 0.717) is 23.6 Å². The van der Waals surface area contributed by atoms with E-state index in [2.05, 4.69) is 15.0 Å². The third kappa shape index (κ3) is 5.60. The number of carbonyl (C=O) groups excluding carboxylic acids is 1. The first-order valence-electron chi connectivity index (χ1n) is 9.43. The summed E-state index contributed by atoms with van der Waals surface area (Å²) in [6.45, 7) is 6.87. The van der Waals surface area contributed by atoms with Crippen LogP contribution in [0.1, 0.15) is 39.8 Å². The third-order valence-corrected chi connectivity index (χ3v) is 6.10. The minimum absolute atomic E-state index is 0.0563. The minimum atomic E-state index is -4.08. The van der Waals surface area contributed by atoms with Crippen LogP contribution in [0.3, 0.4) is 0 Å². The number of ether oxygens (including phenoxy) is 1. The molecule has 0 atom stereocenters. The monoisotopic (exact) mass is 471 g/mol. The fourth-order valence-corrected chi connectivity index (χ4v) is 4.39. The Labute approximate surface area is 184 Å². The summed E-state index contributed by atoms with van der Waals surface area (Å²) in [5, 5.41) is 0.277. The molecule has 1 aliphatic heterocycles. The zero-order valence-corrected chi connectivity index (χ0v) is 19.1. The molecule has 2 aromatic heterocycles. The van der Waals surface area contributed by atoms with Gasteiger partial charge in [-0.2, -0.15) is 12.7 Å². The molecule has 2 N–H and O–H groups in total. The van der Waals surface area contributed by atoms with Gasteiger partial charge in [0.15, 0.2) is 5.82 Å². The van der Waals surface area contributed by atoms with Crippen molar-refractivity contribution >= 4 is 33.5 Å². The number of hydrogen-bond acceptors (Lipinski definition) is 6. The van der Waals surface area contributed by atoms with Crippen LogP contribution in [0, 0.1) is 5.82 Å². The summed E-state index contributed by atoms with van der Waals surface area (Å²) < 4.78 is 46.3. The van der Waals surface area contributed by atoms with Crippen molar-refractivity contribution in [1.29, 1.82) is 0 Å². The second-order valence-corrected chi connectivity index (χ2v) is 10.1. The van der Waals surface area contributed by atoms with Gasteiger partial charge in [0.2, 0.25) is 0 Å². The second-order valence-electron chi connectivity index (χ2n) is 8.06. The first kappa shape index (κ1) is 23.2. The molecule has 2 aromatic rings. The molecule has 0 bridgehead atoms. The fraction of sp³-hybridized carbons (Fsp3) is 0.421. The maximum Gasteiger partial charge on any atom is 0.422 e. The molecule has 0 aromatic carbocycles. The number of aromatic nitrogens is 3. The largest absolute Gasteiger partial charge is 0.443 e. The van der Waals surface area contributed by atoms with E-state index < -0.39 is 27.7 Å². The second kappa shape index (κ2) is 8.56. The molecule has 0 unspecified atom stereocenters. The lowest BCUT2D eigenvalue weighted by Crippen LogP contribution is -2.47. The Bertz CT molecular complexity index is 1120. The molecular weight excluding hydrogens is 449 g/mol. The number of aromatic amines is 1. The Morgan fingerprint density at radius 2 is 2.06 bits per heavy atom. The van der Waals surface area contributed by atoms with E-state index in [4.69, 9.17) is 16.3 Å². The average molecular weight is 472 g/mol. The van der Waals surface area contributed by atoms with Gasteiger partial charge in [0.25, 0.3) is 0 Å². The summed E-state index contributed by atoms with van der Waals surface area (Å²) >= 11 is 6.32. The first-order valence-corrected chi connectivity index (χ1v) is 11.2. The van der Waals surface area contributed by atoms with E-state index in [9.17, 15) is 17.6 Å². The topological polar surface area (TPSA) is 117 Å². The number of rotatable bonds is 4. The molecule has 0 saturated heterocycles. The summed E-state index contributed by atoms with van der Waals surface area (Å²) in [5.74, 6) is -0.0873. The highest BCUT2D eigenvalue weighted by molar-refractivity contribution is 7.87. The first-order chi connectivity index (χ1) is 14.4. The van der Waals surface area contributed by atoms with Crippen LogP contribution in [0.4, 0.5) is 9.18 Å². The lowest BCUT2D eigenvalue weighted by Gasteiger charge is -2.29. The number of nitrogens with zero attached hydrogens (tertiary/aromatic N) is 3. The Morgan fingerprint density at radius 1 is 1.35 bits per heavy atom. The predicted octanol–water partition coefficient (Wildman–Crippen LogP) is 3.51. The number of hydrogen-bond donors (Lipinski definition) is 2. The molecule has 3 rings (SSSR count). The molecule has 0 radical (unpaired) electrons. The average Bonchev–Trinajstić information content (AvgIpc) is 3.01. The number of nitrogens with one attached hydrogen (secondary N) is 2. The smallest absolute Gasteiger partial charge is 0.422 e. The standard InChI is InChI=1S/C19H23ClFN5O4S/c1-11-10-26(31(28,29)25-18(27)30-19(2,3)4)8-7-13(11)15-16(20)24-17(23-15)14-6-5-12(21)9-22-14/h5-6,9H,7-8,10H2,1-4H3,(H,23,24)(H,25,27). The van der Waals surface area contributed by atoms with Gasteiger partial charge >= 0.3 is 16.3 Å². The SMILES string of the molecule is CC1=C(c2nc(-c3ccc(F)cn3)[nH]c2Cl)CCN(S(=O)(=O)NC(=O)OC(C)(C)C)C1. The summed E-state index contributed by atoms with van der Waals surface area (Å²) in [6.07, 6.45) is 0.380. The molecule has 0 saturated carbocycles. The number of carbonyl (C=O) groups is 1. The van der Waals surface area contributed by atoms with Crippen LogP contribution in [0.15, 0.2) is 23.9 Å². The van der Waals surface area contributed by atoms with Gasteiger partial charge in [-0.15, -0.1) is 0 Å². The van der Waals surface area contributed by atoms with E-state index in [0.717, 1.165) is 21.6 Å². The minimum Gasteiger partial charge on any atom is -0.443 e. The van der Waals surface area contributed by atoms with Crippen molar-refractivity contribution in [2.24, 2.45) is 0 Å². The van der Waals surface area contributed by atoms with Crippen molar-refractivity contribution in [2.45, 2.75) is 39.7 Å². The molecule has 168 valence electrons. The Balaban J connectivity index is 1.78. The van der Waals surface area contributed by atoms with Crippen molar-refractivity contribution in [3.8, 4) is 11.5 Å². The summed E-state index contributed by atoms with van der Waals surface area (Å²) in [6, 6.07) is 2.75. The van der Waals surface area contributed by atoms with Crippen LogP contribution >= 0.6 is 11.6 Å². The number of H-pyrrole nitrogens is 1. The highest BCUT2D eigenvalue weighted by atomic mass is 35.5. The van der Waals surface area contributed by atoms with Gasteiger partial charge in [0.05, 0.1) is 6.20 Å². The maximum absolute atomic E-state index is 13.1. The Morgan fingerprint density at radius 3 is 2.65 bits per heavy atom. The van der Waals surface area contributed by atoms with E-state index in [-0.39, 0.29) is 18.2 Å². The molecule has 12 heteroatoms. The van der Waals surface area contributed by atoms with Crippen molar-refractivity contribution in [1.82, 2.24) is 24.0 Å². The molecule has 1 aliphatic rings. The van der Waals surface area contributed by atoms with Crippen molar-refractivity contribution in [3.05, 3.63) is 40.6 Å². The molecule has 3 heterocycles. The fourth-order valence-electron chi connectivity index (χ4n) is 3.07. The number of halogens is 2. The van der Waals surface area contributed by atoms with Crippen LogP contribution in [0.5, 0.6) is 0 Å². The molecule has 1 amide bonds. The normalized spacial score (nSPS) is 15.8. The predicted molar refractivity (Wildman–Crippen MR) is 114 cm³/mol. The summed E-state index contributed by atoms with van der Waals surface area (Å²) in [5.41, 5.74) is 1.61. The number of pyridine rings is 1. The van der Waals surface area contributed by atoms with Gasteiger partial charge in [0.1, 0.15) is 28.0 Å². The molecule has 0 aliphatic carbocycles. The van der Waals surface area contributed by atoms with Crippen LogP contribution in [0.25, 0.3) is 17.1 Å². The summed E-state index contributed by atoms with van der Waals surface area (Å²) in [7, 11) is -4.08. The van der Waals surface area contributed by atoms with Crippen molar-refractivity contribution in [3.63, 3.8) is 0 Å². The third-order valence-electron chi connectivity index (χ3n) is 4.41. The quantitative estimate of drug-likeness (QED) is 0.704. The number of imidazole rings is 1. The van der Waals surface area contributed by atoms with Crippen molar-refractivity contribution in [2.75, 3.05) is 13.1 Å². The maximum atomic E-state index is 13.1. The van der Waals surface area contributed by atoms with E-state index in [1.165, 1.54) is 12.1 Å². The van der Waals surface area contributed by atoms with Gasteiger partial charge in [-0.1, -0.05) is 17.2 Å². The van der Waals surface area contributed by atoms with Gasteiger partial charge in [-0.05, 0) is 51.8 Å². The van der Waals surface area contributed by atoms with Crippen molar-refractivity contribution < 1.29 is 22.3 Å². The van der Waals surface area contributed by atoms with E-state index in [1.54, 1.807) is 27.7 Å². The zero-order valence-electron chi connectivity index (χ0n) is 17.5. The number of amides is 1. The van der Waals surface area contributed by atoms with E-state index in [1.807, 2.05) is 4.72 Å². The Kier molecular flexibility index (Phi) is 6.40. The lowest BCUT2D eigenvalue weighted by molar-refractivity contribution is 0.0567. The molecule has 0 fully saturated rings. The van der Waals surface area contributed by atoms with Gasteiger partial charge in [0, 0.05) is 13.1 Å². The van der Waals surface area contributed by atoms with Crippen LogP contribution in [0.2, 0.25) is 5.15 Å². The lowest BCUT2D eigenvalue weighted by atomic mass is 10.0. The highest BCUT2D eigenvalue weighted by Crippen LogP contribution is 2.33. The van der Waals surface area contributed by atoms with Gasteiger partial charge in [-0.25, -0.2) is 23.9 Å². The molecule has 0 spiro atoms. The van der Waals surface area contributed by atoms with Gasteiger partial charge in [-0.3, -0.25) is 0 Å². The van der Waals surface area contributed by atoms with Crippen LogP contribution in [-0.2, 0) is 14.9 Å². The van der Waals surface area contributed by atoms with Gasteiger partial charge < -0.3 is 9.72 Å². The molecule has 9 nitrogen and oxygen atoms in total. The van der Waals surface area contributed by atoms with Crippen LogP contribution in [-0.4, -0.2) is 52.5 Å². The van der Waals surface area contributed by atoms with Crippen LogP contribution < -0.4 is 4.72 Å². The molecular formula is C19H23ClFN5O4S. The highest BCUT2D eigenvalue weighted by Gasteiger charge is 2.31.